The third-order valence-corrected chi connectivity index (χ3v) is 6.00. The molecule has 0 bridgehead atoms. The Hall–Kier alpha value is -1.37. The molecule has 2 aromatic rings. The average Bonchev–Trinajstić information content (AvgIpc) is 2.51. The average molecular weight is 405 g/mol. The third kappa shape index (κ3) is 4.97. The molecule has 4 nitrogen and oxygen atoms in total. The van der Waals surface area contributed by atoms with Gasteiger partial charge in [0.25, 0.3) is 0 Å². The largest absolute Gasteiger partial charge is 0.389 e. The molecule has 1 unspecified atom stereocenters. The van der Waals surface area contributed by atoms with Gasteiger partial charge >= 0.3 is 0 Å². The summed E-state index contributed by atoms with van der Waals surface area (Å²) in [6.07, 6.45) is -0.732. The third-order valence-electron chi connectivity index (χ3n) is 4.69. The molecule has 0 aromatic heterocycles. The first-order valence-electron chi connectivity index (χ1n) is 9.44. The standard InChI is InChI=1S/C23H32O4S/c1-14(24)15-10-8-11-16(21(2,3)25)19(15)28-20-17(22(4,5)26)12-9-13-18(20)23(6,7)27/h8-14,24-27H,1-7H3. The fraction of sp³-hybridized carbons (Fsp3) is 0.478. The molecule has 0 aliphatic carbocycles. The molecule has 5 heteroatoms. The van der Waals surface area contributed by atoms with Gasteiger partial charge in [0.05, 0.1) is 22.9 Å². The van der Waals surface area contributed by atoms with Crippen molar-refractivity contribution < 1.29 is 20.4 Å². The van der Waals surface area contributed by atoms with E-state index in [1.165, 1.54) is 11.8 Å². The normalized spacial score (nSPS) is 14.2. The lowest BCUT2D eigenvalue weighted by molar-refractivity contribution is 0.0662. The van der Waals surface area contributed by atoms with E-state index in [2.05, 4.69) is 0 Å². The minimum absolute atomic E-state index is 0.680. The van der Waals surface area contributed by atoms with Gasteiger partial charge in [-0.2, -0.15) is 0 Å². The lowest BCUT2D eigenvalue weighted by Crippen LogP contribution is -2.23. The number of benzene rings is 2. The fourth-order valence-electron chi connectivity index (χ4n) is 3.19. The predicted octanol–water partition coefficient (Wildman–Crippen LogP) is 4.57. The van der Waals surface area contributed by atoms with E-state index < -0.39 is 22.9 Å². The van der Waals surface area contributed by atoms with Gasteiger partial charge in [-0.05, 0) is 70.7 Å². The van der Waals surface area contributed by atoms with Crippen molar-refractivity contribution in [1.29, 1.82) is 0 Å². The van der Waals surface area contributed by atoms with Gasteiger partial charge < -0.3 is 20.4 Å². The maximum absolute atomic E-state index is 10.8. The van der Waals surface area contributed by atoms with Crippen LogP contribution in [-0.2, 0) is 16.8 Å². The van der Waals surface area contributed by atoms with E-state index in [1.807, 2.05) is 36.4 Å². The van der Waals surface area contributed by atoms with Gasteiger partial charge in [0.1, 0.15) is 0 Å². The van der Waals surface area contributed by atoms with E-state index in [4.69, 9.17) is 0 Å². The van der Waals surface area contributed by atoms with Crippen LogP contribution >= 0.6 is 11.8 Å². The predicted molar refractivity (Wildman–Crippen MR) is 113 cm³/mol. The first kappa shape index (κ1) is 22.9. The Kier molecular flexibility index (Phi) is 6.39. The maximum atomic E-state index is 10.8. The second-order valence-electron chi connectivity index (χ2n) is 8.86. The number of aliphatic hydroxyl groups is 4. The Morgan fingerprint density at radius 3 is 1.39 bits per heavy atom. The topological polar surface area (TPSA) is 80.9 Å². The minimum atomic E-state index is -1.13. The van der Waals surface area contributed by atoms with Crippen molar-refractivity contribution in [3.05, 3.63) is 58.7 Å². The summed E-state index contributed by atoms with van der Waals surface area (Å²) in [5.74, 6) is 0. The van der Waals surface area contributed by atoms with Gasteiger partial charge in [0.15, 0.2) is 0 Å². The molecular formula is C23H32O4S. The van der Waals surface area contributed by atoms with Crippen LogP contribution in [-0.4, -0.2) is 20.4 Å². The molecular weight excluding hydrogens is 372 g/mol. The SMILES string of the molecule is CC(O)c1cccc(C(C)(C)O)c1Sc1c(C(C)(C)O)cccc1C(C)(C)O. The van der Waals surface area contributed by atoms with Crippen LogP contribution < -0.4 is 0 Å². The summed E-state index contributed by atoms with van der Waals surface area (Å²) in [6.45, 7) is 11.9. The van der Waals surface area contributed by atoms with E-state index in [1.54, 1.807) is 48.5 Å². The number of hydrogen-bond donors (Lipinski definition) is 4. The Morgan fingerprint density at radius 1 is 0.679 bits per heavy atom. The summed E-state index contributed by atoms with van der Waals surface area (Å²) in [6, 6.07) is 11.0. The van der Waals surface area contributed by atoms with E-state index in [0.717, 1.165) is 9.79 Å². The Morgan fingerprint density at radius 2 is 1.04 bits per heavy atom. The summed E-state index contributed by atoms with van der Waals surface area (Å²) in [5.41, 5.74) is -0.638. The molecule has 28 heavy (non-hydrogen) atoms. The van der Waals surface area contributed by atoms with Gasteiger partial charge in [-0.3, -0.25) is 0 Å². The highest BCUT2D eigenvalue weighted by molar-refractivity contribution is 7.99. The van der Waals surface area contributed by atoms with Crippen molar-refractivity contribution >= 4 is 11.8 Å². The number of aliphatic hydroxyl groups excluding tert-OH is 1. The van der Waals surface area contributed by atoms with Crippen LogP contribution in [0.25, 0.3) is 0 Å². The molecule has 0 heterocycles. The molecule has 0 aliphatic heterocycles. The number of hydrogen-bond acceptors (Lipinski definition) is 5. The molecule has 4 N–H and O–H groups in total. The minimum Gasteiger partial charge on any atom is -0.389 e. The Balaban J connectivity index is 2.83. The first-order chi connectivity index (χ1) is 12.6. The smallest absolute Gasteiger partial charge is 0.0851 e. The van der Waals surface area contributed by atoms with E-state index in [-0.39, 0.29) is 0 Å². The highest BCUT2D eigenvalue weighted by atomic mass is 32.2. The van der Waals surface area contributed by atoms with Crippen molar-refractivity contribution in [3.63, 3.8) is 0 Å². The van der Waals surface area contributed by atoms with Crippen LogP contribution in [0.5, 0.6) is 0 Å². The second-order valence-corrected chi connectivity index (χ2v) is 9.88. The molecule has 0 saturated carbocycles. The molecule has 2 aromatic carbocycles. The summed E-state index contributed by atoms with van der Waals surface area (Å²) >= 11 is 1.36. The highest BCUT2D eigenvalue weighted by Gasteiger charge is 2.31. The van der Waals surface area contributed by atoms with Crippen LogP contribution in [0.4, 0.5) is 0 Å². The zero-order valence-electron chi connectivity index (χ0n) is 17.7. The van der Waals surface area contributed by atoms with Gasteiger partial charge in [0, 0.05) is 9.79 Å². The van der Waals surface area contributed by atoms with Crippen LogP contribution in [0, 0.1) is 0 Å². The van der Waals surface area contributed by atoms with Crippen LogP contribution in [0.15, 0.2) is 46.2 Å². The lowest BCUT2D eigenvalue weighted by Gasteiger charge is -2.30. The Bertz CT molecular complexity index is 805. The summed E-state index contributed by atoms with van der Waals surface area (Å²) in [4.78, 5) is 1.45. The molecule has 0 aliphatic rings. The van der Waals surface area contributed by atoms with Crippen molar-refractivity contribution in [1.82, 2.24) is 0 Å². The van der Waals surface area contributed by atoms with Crippen LogP contribution in [0.2, 0.25) is 0 Å². The van der Waals surface area contributed by atoms with Gasteiger partial charge in [-0.25, -0.2) is 0 Å². The van der Waals surface area contributed by atoms with Gasteiger partial charge in [-0.15, -0.1) is 0 Å². The lowest BCUT2D eigenvalue weighted by atomic mass is 9.91. The summed E-state index contributed by atoms with van der Waals surface area (Å²) in [5, 5.41) is 42.6. The van der Waals surface area contributed by atoms with Crippen LogP contribution in [0.3, 0.4) is 0 Å². The molecule has 0 spiro atoms. The first-order valence-corrected chi connectivity index (χ1v) is 10.3. The molecule has 154 valence electrons. The summed E-state index contributed by atoms with van der Waals surface area (Å²) < 4.78 is 0. The monoisotopic (exact) mass is 404 g/mol. The number of rotatable bonds is 6. The second kappa shape index (κ2) is 7.81. The molecule has 0 amide bonds. The zero-order chi connectivity index (χ0) is 21.5. The zero-order valence-corrected chi connectivity index (χ0v) is 18.6. The van der Waals surface area contributed by atoms with Crippen molar-refractivity contribution in [3.8, 4) is 0 Å². The highest BCUT2D eigenvalue weighted by Crippen LogP contribution is 2.46. The molecule has 0 fully saturated rings. The molecule has 0 saturated heterocycles. The van der Waals surface area contributed by atoms with Crippen molar-refractivity contribution in [2.24, 2.45) is 0 Å². The van der Waals surface area contributed by atoms with E-state index >= 15 is 0 Å². The molecule has 1 atom stereocenters. The van der Waals surface area contributed by atoms with Crippen molar-refractivity contribution in [2.45, 2.75) is 81.2 Å². The van der Waals surface area contributed by atoms with Crippen LogP contribution in [0.1, 0.15) is 76.8 Å². The summed E-state index contributed by atoms with van der Waals surface area (Å²) in [7, 11) is 0. The molecule has 0 radical (unpaired) electrons. The fourth-order valence-corrected chi connectivity index (χ4v) is 5.04. The van der Waals surface area contributed by atoms with E-state index in [9.17, 15) is 20.4 Å². The quantitative estimate of drug-likeness (QED) is 0.567. The maximum Gasteiger partial charge on any atom is 0.0851 e. The van der Waals surface area contributed by atoms with Gasteiger partial charge in [-0.1, -0.05) is 48.2 Å². The molecule has 2 rings (SSSR count). The Labute approximate surface area is 172 Å². The van der Waals surface area contributed by atoms with E-state index in [0.29, 0.717) is 22.3 Å². The van der Waals surface area contributed by atoms with Gasteiger partial charge in [0.2, 0.25) is 0 Å². The van der Waals surface area contributed by atoms with Crippen molar-refractivity contribution in [2.75, 3.05) is 0 Å².